The van der Waals surface area contributed by atoms with Crippen molar-refractivity contribution in [3.63, 3.8) is 0 Å². The van der Waals surface area contributed by atoms with Crippen LogP contribution in [0.25, 0.3) is 0 Å². The molecule has 17 heavy (non-hydrogen) atoms. The molecule has 0 saturated carbocycles. The molecule has 0 unspecified atom stereocenters. The van der Waals surface area contributed by atoms with E-state index in [-0.39, 0.29) is 12.4 Å². The maximum atomic E-state index is 4.29. The number of halogens is 1. The molecular formula is C12H23ClN4. The third-order valence-electron chi connectivity index (χ3n) is 3.73. The Labute approximate surface area is 110 Å². The van der Waals surface area contributed by atoms with Gasteiger partial charge in [0.2, 0.25) is 0 Å². The van der Waals surface area contributed by atoms with Gasteiger partial charge in [-0.2, -0.15) is 5.10 Å². The van der Waals surface area contributed by atoms with Crippen molar-refractivity contribution < 1.29 is 0 Å². The first-order valence-electron chi connectivity index (χ1n) is 6.08. The number of nitrogens with zero attached hydrogens (tertiary/aromatic N) is 3. The van der Waals surface area contributed by atoms with E-state index in [0.29, 0.717) is 6.04 Å². The highest BCUT2D eigenvalue weighted by molar-refractivity contribution is 5.85. The lowest BCUT2D eigenvalue weighted by Crippen LogP contribution is -2.40. The molecule has 2 heterocycles. The molecule has 1 N–H and O–H groups in total. The molecular weight excluding hydrogens is 236 g/mol. The van der Waals surface area contributed by atoms with Gasteiger partial charge in [0.1, 0.15) is 0 Å². The van der Waals surface area contributed by atoms with Crippen LogP contribution in [0.1, 0.15) is 24.1 Å². The highest BCUT2D eigenvalue weighted by Crippen LogP contribution is 2.15. The summed E-state index contributed by atoms with van der Waals surface area (Å²) in [6, 6.07) is 0.714. The van der Waals surface area contributed by atoms with Crippen LogP contribution in [0.2, 0.25) is 0 Å². The Morgan fingerprint density at radius 3 is 2.53 bits per heavy atom. The predicted octanol–water partition coefficient (Wildman–Crippen LogP) is 1.33. The number of nitrogens with one attached hydrogen (secondary N) is 1. The van der Waals surface area contributed by atoms with Crippen molar-refractivity contribution in [3.8, 4) is 0 Å². The summed E-state index contributed by atoms with van der Waals surface area (Å²) in [5.41, 5.74) is 2.65. The number of aryl methyl sites for hydroxylation is 1. The molecule has 1 aliphatic heterocycles. The summed E-state index contributed by atoms with van der Waals surface area (Å²) in [5, 5.41) is 7.65. The quantitative estimate of drug-likeness (QED) is 0.888. The Kier molecular flexibility index (Phi) is 5.43. The first-order chi connectivity index (χ1) is 7.70. The molecule has 0 aliphatic carbocycles. The van der Waals surface area contributed by atoms with Crippen molar-refractivity contribution in [2.45, 2.75) is 32.4 Å². The highest BCUT2D eigenvalue weighted by Gasteiger charge is 2.18. The first kappa shape index (κ1) is 14.5. The summed E-state index contributed by atoms with van der Waals surface area (Å²) >= 11 is 0. The van der Waals surface area contributed by atoms with Gasteiger partial charge in [0.05, 0.1) is 6.20 Å². The van der Waals surface area contributed by atoms with Gasteiger partial charge in [0.25, 0.3) is 0 Å². The topological polar surface area (TPSA) is 33.1 Å². The summed E-state index contributed by atoms with van der Waals surface area (Å²) in [6.45, 7) is 5.58. The minimum absolute atomic E-state index is 0. The zero-order chi connectivity index (χ0) is 11.5. The van der Waals surface area contributed by atoms with Crippen molar-refractivity contribution in [1.82, 2.24) is 20.0 Å². The smallest absolute Gasteiger partial charge is 0.0537 e. The molecule has 0 atom stereocenters. The second-order valence-electron chi connectivity index (χ2n) is 4.72. The monoisotopic (exact) mass is 258 g/mol. The Balaban J connectivity index is 0.00000144. The van der Waals surface area contributed by atoms with Crippen LogP contribution < -0.4 is 5.32 Å². The number of hydrogen-bond acceptors (Lipinski definition) is 3. The van der Waals surface area contributed by atoms with E-state index in [1.54, 1.807) is 0 Å². The Morgan fingerprint density at radius 1 is 1.41 bits per heavy atom. The molecule has 98 valence electrons. The third-order valence-corrected chi connectivity index (χ3v) is 3.73. The molecule has 0 amide bonds. The zero-order valence-electron chi connectivity index (χ0n) is 10.9. The van der Waals surface area contributed by atoms with E-state index in [1.807, 2.05) is 17.9 Å². The number of hydrogen-bond donors (Lipinski definition) is 1. The van der Waals surface area contributed by atoms with Gasteiger partial charge in [0.15, 0.2) is 0 Å². The van der Waals surface area contributed by atoms with Gasteiger partial charge in [-0.05, 0) is 39.9 Å². The Hall–Kier alpha value is -0.580. The molecule has 4 nitrogen and oxygen atoms in total. The van der Waals surface area contributed by atoms with Crippen molar-refractivity contribution in [3.05, 3.63) is 17.5 Å². The van der Waals surface area contributed by atoms with Gasteiger partial charge >= 0.3 is 0 Å². The van der Waals surface area contributed by atoms with E-state index in [4.69, 9.17) is 0 Å². The zero-order valence-corrected chi connectivity index (χ0v) is 11.8. The lowest BCUT2D eigenvalue weighted by atomic mass is 10.0. The molecule has 0 aromatic carbocycles. The second-order valence-corrected chi connectivity index (χ2v) is 4.72. The fraction of sp³-hybridized carbons (Fsp3) is 0.750. The molecule has 5 heteroatoms. The molecule has 1 aromatic rings. The molecule has 1 aliphatic rings. The van der Waals surface area contributed by atoms with Gasteiger partial charge in [-0.25, -0.2) is 0 Å². The molecule has 2 rings (SSSR count). The van der Waals surface area contributed by atoms with Crippen LogP contribution in [-0.2, 0) is 13.6 Å². The van der Waals surface area contributed by atoms with Crippen molar-refractivity contribution in [2.24, 2.45) is 7.05 Å². The summed E-state index contributed by atoms with van der Waals surface area (Å²) in [5.74, 6) is 0. The normalized spacial score (nSPS) is 18.1. The van der Waals surface area contributed by atoms with E-state index in [9.17, 15) is 0 Å². The minimum atomic E-state index is 0. The Morgan fingerprint density at radius 2 is 2.06 bits per heavy atom. The molecule has 1 fully saturated rings. The number of rotatable bonds is 3. The van der Waals surface area contributed by atoms with Crippen LogP contribution in [-0.4, -0.2) is 40.9 Å². The largest absolute Gasteiger partial charge is 0.317 e. The lowest BCUT2D eigenvalue weighted by molar-refractivity contribution is 0.194. The van der Waals surface area contributed by atoms with E-state index in [0.717, 1.165) is 6.54 Å². The van der Waals surface area contributed by atoms with Gasteiger partial charge < -0.3 is 5.32 Å². The molecule has 0 radical (unpaired) electrons. The molecule has 0 bridgehead atoms. The average molecular weight is 259 g/mol. The van der Waals surface area contributed by atoms with Crippen molar-refractivity contribution in [1.29, 1.82) is 0 Å². The van der Waals surface area contributed by atoms with Crippen LogP contribution in [0.4, 0.5) is 0 Å². The van der Waals surface area contributed by atoms with Gasteiger partial charge in [-0.3, -0.25) is 9.58 Å². The summed E-state index contributed by atoms with van der Waals surface area (Å²) in [7, 11) is 4.07. The van der Waals surface area contributed by atoms with E-state index >= 15 is 0 Å². The van der Waals surface area contributed by atoms with E-state index < -0.39 is 0 Å². The maximum absolute atomic E-state index is 4.29. The van der Waals surface area contributed by atoms with Gasteiger partial charge in [-0.1, -0.05) is 0 Å². The standard InChI is InChI=1S/C12H22N4.ClH/c1-10-11(8-14-15(10)3)9-16-6-4-12(13-2)5-7-16;/h8,12-13H,4-7,9H2,1-3H3;1H. The van der Waals surface area contributed by atoms with Gasteiger partial charge in [0, 0.05) is 30.9 Å². The summed E-state index contributed by atoms with van der Waals surface area (Å²) < 4.78 is 1.95. The molecule has 1 aromatic heterocycles. The minimum Gasteiger partial charge on any atom is -0.317 e. The van der Waals surface area contributed by atoms with Gasteiger partial charge in [-0.15, -0.1) is 12.4 Å². The third kappa shape index (κ3) is 3.44. The fourth-order valence-electron chi connectivity index (χ4n) is 2.32. The average Bonchev–Trinajstić information content (AvgIpc) is 2.62. The van der Waals surface area contributed by atoms with Crippen LogP contribution >= 0.6 is 12.4 Å². The van der Waals surface area contributed by atoms with Crippen LogP contribution in [0.3, 0.4) is 0 Å². The molecule has 1 saturated heterocycles. The second kappa shape index (κ2) is 6.38. The van der Waals surface area contributed by atoms with Crippen LogP contribution in [0.5, 0.6) is 0 Å². The summed E-state index contributed by atoms with van der Waals surface area (Å²) in [4.78, 5) is 2.53. The Bertz CT molecular complexity index is 342. The maximum Gasteiger partial charge on any atom is 0.0537 e. The number of aromatic nitrogens is 2. The van der Waals surface area contributed by atoms with Crippen LogP contribution in [0, 0.1) is 6.92 Å². The fourth-order valence-corrected chi connectivity index (χ4v) is 2.32. The van der Waals surface area contributed by atoms with E-state index in [2.05, 4.69) is 29.3 Å². The first-order valence-corrected chi connectivity index (χ1v) is 6.08. The molecule has 0 spiro atoms. The summed E-state index contributed by atoms with van der Waals surface area (Å²) in [6.07, 6.45) is 4.52. The van der Waals surface area contributed by atoms with Crippen molar-refractivity contribution in [2.75, 3.05) is 20.1 Å². The number of likely N-dealkylation sites (tertiary alicyclic amines) is 1. The highest BCUT2D eigenvalue weighted by atomic mass is 35.5. The van der Waals surface area contributed by atoms with Crippen molar-refractivity contribution >= 4 is 12.4 Å². The predicted molar refractivity (Wildman–Crippen MR) is 72.6 cm³/mol. The van der Waals surface area contributed by atoms with E-state index in [1.165, 1.54) is 37.2 Å². The lowest BCUT2D eigenvalue weighted by Gasteiger charge is -2.31. The SMILES string of the molecule is CNC1CCN(Cc2cnn(C)c2C)CC1.Cl. The number of piperidine rings is 1. The van der Waals surface area contributed by atoms with Crippen LogP contribution in [0.15, 0.2) is 6.20 Å².